The molecule has 41 heavy (non-hydrogen) atoms. The molecule has 3 aromatic carbocycles. The van der Waals surface area contributed by atoms with Gasteiger partial charge in [-0.2, -0.15) is 0 Å². The molecule has 0 spiro atoms. The fourth-order valence-electron chi connectivity index (χ4n) is 5.66. The molecule has 0 saturated carbocycles. The van der Waals surface area contributed by atoms with Gasteiger partial charge in [0.1, 0.15) is 17.6 Å². The average molecular weight is 571 g/mol. The second-order valence-corrected chi connectivity index (χ2v) is 11.4. The Morgan fingerprint density at radius 3 is 2.68 bits per heavy atom. The number of aromatic nitrogens is 1. The molecule has 1 amide bonds. The number of nitrogens with zero attached hydrogens (tertiary/aromatic N) is 2. The zero-order valence-electron chi connectivity index (χ0n) is 23.5. The molecule has 1 N–H and O–H groups in total. The third-order valence-corrected chi connectivity index (χ3v) is 8.44. The number of aliphatic hydroxyl groups excluding tert-OH is 1. The monoisotopic (exact) mass is 570 g/mol. The summed E-state index contributed by atoms with van der Waals surface area (Å²) in [5.41, 5.74) is 4.78. The predicted octanol–water partition coefficient (Wildman–Crippen LogP) is 6.27. The van der Waals surface area contributed by atoms with Gasteiger partial charge in [0.05, 0.1) is 35.5 Å². The van der Waals surface area contributed by atoms with Crippen molar-refractivity contribution in [1.82, 2.24) is 4.98 Å². The number of hydrogen-bond donors (Lipinski definition) is 1. The van der Waals surface area contributed by atoms with E-state index in [1.807, 2.05) is 45.9 Å². The van der Waals surface area contributed by atoms with E-state index in [9.17, 15) is 14.7 Å². The van der Waals surface area contributed by atoms with Gasteiger partial charge in [0.2, 0.25) is 0 Å². The molecule has 8 nitrogen and oxygen atoms in total. The van der Waals surface area contributed by atoms with Crippen LogP contribution in [0.1, 0.15) is 47.7 Å². The minimum atomic E-state index is -0.940. The Morgan fingerprint density at radius 2 is 1.93 bits per heavy atom. The van der Waals surface area contributed by atoms with Gasteiger partial charge in [-0.3, -0.25) is 14.5 Å². The van der Waals surface area contributed by atoms with Gasteiger partial charge in [-0.1, -0.05) is 23.5 Å². The van der Waals surface area contributed by atoms with Gasteiger partial charge in [-0.25, -0.2) is 4.98 Å². The molecule has 0 aliphatic carbocycles. The molecule has 0 radical (unpaired) electrons. The maximum Gasteiger partial charge on any atom is 0.301 e. The lowest BCUT2D eigenvalue weighted by Gasteiger charge is -2.24. The summed E-state index contributed by atoms with van der Waals surface area (Å²) in [4.78, 5) is 33.7. The van der Waals surface area contributed by atoms with Crippen LogP contribution in [0.15, 0.2) is 54.1 Å². The number of rotatable bonds is 6. The molecule has 0 bridgehead atoms. The van der Waals surface area contributed by atoms with E-state index < -0.39 is 17.7 Å². The van der Waals surface area contributed by atoms with Crippen LogP contribution < -0.4 is 19.1 Å². The largest absolute Gasteiger partial charge is 0.507 e. The first-order valence-corrected chi connectivity index (χ1v) is 14.3. The second kappa shape index (κ2) is 10.2. The number of amides is 1. The smallest absolute Gasteiger partial charge is 0.301 e. The van der Waals surface area contributed by atoms with Gasteiger partial charge in [0.25, 0.3) is 5.78 Å². The number of Topliss-reactive ketones (excluding diaryl/α,β-unsaturated/α-hetero) is 1. The highest BCUT2D eigenvalue weighted by atomic mass is 32.1. The van der Waals surface area contributed by atoms with Crippen LogP contribution in [0.5, 0.6) is 17.2 Å². The summed E-state index contributed by atoms with van der Waals surface area (Å²) in [5, 5.41) is 12.0. The van der Waals surface area contributed by atoms with Gasteiger partial charge in [-0.15, -0.1) is 0 Å². The number of thiazole rings is 1. The molecule has 1 fully saturated rings. The van der Waals surface area contributed by atoms with E-state index in [-0.39, 0.29) is 17.4 Å². The SMILES string of the molecule is CCOc1ccc(C2/C(=C(/O)c3ccc4c(c3)CC(C)O4)C(=O)C(=O)N2c2nc3c(C)cc(C)cc3s2)cc1OC. The molecular weight excluding hydrogens is 540 g/mol. The first-order chi connectivity index (χ1) is 19.7. The van der Waals surface area contributed by atoms with Gasteiger partial charge in [0.15, 0.2) is 16.6 Å². The van der Waals surface area contributed by atoms with Crippen molar-refractivity contribution >= 4 is 44.1 Å². The van der Waals surface area contributed by atoms with E-state index in [0.29, 0.717) is 40.8 Å². The van der Waals surface area contributed by atoms with Gasteiger partial charge >= 0.3 is 5.91 Å². The Labute approximate surface area is 241 Å². The van der Waals surface area contributed by atoms with Crippen LogP contribution in [-0.4, -0.2) is 41.6 Å². The quantitative estimate of drug-likeness (QED) is 0.166. The molecule has 9 heteroatoms. The lowest BCUT2D eigenvalue weighted by molar-refractivity contribution is -0.132. The average Bonchev–Trinajstić information content (AvgIpc) is 3.61. The van der Waals surface area contributed by atoms with Crippen molar-refractivity contribution in [3.05, 3.63) is 81.9 Å². The zero-order valence-corrected chi connectivity index (χ0v) is 24.3. The van der Waals surface area contributed by atoms with Crippen LogP contribution in [0.25, 0.3) is 16.0 Å². The minimum Gasteiger partial charge on any atom is -0.507 e. The fraction of sp³-hybridized carbons (Fsp3) is 0.281. The maximum absolute atomic E-state index is 13.7. The van der Waals surface area contributed by atoms with Crippen molar-refractivity contribution in [2.45, 2.75) is 46.3 Å². The molecule has 4 aromatic rings. The van der Waals surface area contributed by atoms with Crippen molar-refractivity contribution in [1.29, 1.82) is 0 Å². The van der Waals surface area contributed by atoms with Crippen LogP contribution in [0, 0.1) is 13.8 Å². The standard InChI is InChI=1S/C32H30N2O6S/c1-6-39-23-10-7-19(15-24(23)38-5)28-26(29(35)20-8-9-22-21(14-20)13-18(4)40-22)30(36)31(37)34(28)32-33-27-17(3)11-16(2)12-25(27)41-32/h7-12,14-15,18,28,35H,6,13H2,1-5H3/b29-26-. The van der Waals surface area contributed by atoms with Crippen molar-refractivity contribution < 1.29 is 28.9 Å². The van der Waals surface area contributed by atoms with E-state index in [2.05, 4.69) is 0 Å². The number of carbonyl (C=O) groups is 2. The highest BCUT2D eigenvalue weighted by Gasteiger charge is 2.48. The normalized spacial score (nSPS) is 19.5. The van der Waals surface area contributed by atoms with Crippen LogP contribution in [0.3, 0.4) is 0 Å². The summed E-state index contributed by atoms with van der Waals surface area (Å²) in [7, 11) is 1.53. The number of benzene rings is 3. The van der Waals surface area contributed by atoms with E-state index >= 15 is 0 Å². The van der Waals surface area contributed by atoms with E-state index in [1.165, 1.54) is 23.3 Å². The molecule has 1 aromatic heterocycles. The van der Waals surface area contributed by atoms with Crippen LogP contribution >= 0.6 is 11.3 Å². The third kappa shape index (κ3) is 4.50. The minimum absolute atomic E-state index is 0.0136. The molecule has 2 aliphatic rings. The highest BCUT2D eigenvalue weighted by Crippen LogP contribution is 2.46. The topological polar surface area (TPSA) is 98.2 Å². The molecule has 2 atom stereocenters. The number of aryl methyl sites for hydroxylation is 2. The number of aliphatic hydroxyl groups is 1. The van der Waals surface area contributed by atoms with E-state index in [1.54, 1.807) is 30.3 Å². The first kappa shape index (κ1) is 26.8. The van der Waals surface area contributed by atoms with Crippen molar-refractivity contribution in [2.75, 3.05) is 18.6 Å². The second-order valence-electron chi connectivity index (χ2n) is 10.4. The zero-order chi connectivity index (χ0) is 29.0. The van der Waals surface area contributed by atoms with Crippen molar-refractivity contribution in [2.24, 2.45) is 0 Å². The molecule has 210 valence electrons. The van der Waals surface area contributed by atoms with Crippen molar-refractivity contribution in [3.8, 4) is 17.2 Å². The van der Waals surface area contributed by atoms with Gasteiger partial charge < -0.3 is 19.3 Å². The summed E-state index contributed by atoms with van der Waals surface area (Å²) in [5.74, 6) is -0.0425. The van der Waals surface area contributed by atoms with Crippen LogP contribution in [0.2, 0.25) is 0 Å². The van der Waals surface area contributed by atoms with Crippen LogP contribution in [-0.2, 0) is 16.0 Å². The summed E-state index contributed by atoms with van der Waals surface area (Å²) in [6.45, 7) is 8.28. The molecule has 1 saturated heterocycles. The summed E-state index contributed by atoms with van der Waals surface area (Å²) in [6, 6.07) is 13.7. The Kier molecular flexibility index (Phi) is 6.69. The number of fused-ring (bicyclic) bond motifs is 2. The number of hydrogen-bond acceptors (Lipinski definition) is 8. The van der Waals surface area contributed by atoms with E-state index in [0.717, 1.165) is 32.7 Å². The third-order valence-electron chi connectivity index (χ3n) is 7.44. The predicted molar refractivity (Wildman–Crippen MR) is 158 cm³/mol. The molecule has 3 heterocycles. The van der Waals surface area contributed by atoms with Crippen LogP contribution in [0.4, 0.5) is 5.13 Å². The lowest BCUT2D eigenvalue weighted by Crippen LogP contribution is -2.29. The number of anilines is 1. The Morgan fingerprint density at radius 1 is 1.12 bits per heavy atom. The summed E-state index contributed by atoms with van der Waals surface area (Å²) >= 11 is 1.34. The number of methoxy groups -OCH3 is 1. The summed E-state index contributed by atoms with van der Waals surface area (Å²) in [6.07, 6.45) is 0.713. The number of carbonyl (C=O) groups excluding carboxylic acids is 2. The fourth-order valence-corrected chi connectivity index (χ4v) is 6.83. The molecule has 2 unspecified atom stereocenters. The van der Waals surface area contributed by atoms with E-state index in [4.69, 9.17) is 19.2 Å². The summed E-state index contributed by atoms with van der Waals surface area (Å²) < 4.78 is 18.0. The highest BCUT2D eigenvalue weighted by molar-refractivity contribution is 7.22. The number of ketones is 1. The first-order valence-electron chi connectivity index (χ1n) is 13.5. The molecule has 2 aliphatic heterocycles. The Balaban J connectivity index is 1.56. The lowest BCUT2D eigenvalue weighted by atomic mass is 9.94. The number of ether oxygens (including phenoxy) is 3. The van der Waals surface area contributed by atoms with Crippen molar-refractivity contribution in [3.63, 3.8) is 0 Å². The Bertz CT molecular complexity index is 1760. The Hall–Kier alpha value is -4.37. The molecular formula is C32H30N2O6S. The molecule has 6 rings (SSSR count). The van der Waals surface area contributed by atoms with Gasteiger partial charge in [-0.05, 0) is 86.3 Å². The van der Waals surface area contributed by atoms with Gasteiger partial charge in [0, 0.05) is 12.0 Å². The maximum atomic E-state index is 13.7.